The largest absolute Gasteiger partial charge is 0.271 e. The summed E-state index contributed by atoms with van der Waals surface area (Å²) in [5.74, 6) is 5.81. The lowest BCUT2D eigenvalue weighted by Crippen LogP contribution is -2.30. The summed E-state index contributed by atoms with van der Waals surface area (Å²) in [7, 11) is 0. The molecular weight excluding hydrogens is 234 g/mol. The summed E-state index contributed by atoms with van der Waals surface area (Å²) in [4.78, 5) is 4.20. The third-order valence-electron chi connectivity index (χ3n) is 3.76. The number of nitrogens with two attached hydrogens (primary N) is 1. The van der Waals surface area contributed by atoms with Crippen LogP contribution in [0.4, 0.5) is 0 Å². The molecule has 19 heavy (non-hydrogen) atoms. The molecule has 0 spiro atoms. The molecule has 100 valence electrons. The number of hydrogen-bond acceptors (Lipinski definition) is 3. The Kier molecular flexibility index (Phi) is 4.30. The lowest BCUT2D eigenvalue weighted by atomic mass is 9.91. The summed E-state index contributed by atoms with van der Waals surface area (Å²) in [5, 5.41) is 0. The van der Waals surface area contributed by atoms with Crippen LogP contribution in [-0.4, -0.2) is 4.98 Å². The van der Waals surface area contributed by atoms with E-state index >= 15 is 0 Å². The third-order valence-corrected chi connectivity index (χ3v) is 3.76. The van der Waals surface area contributed by atoms with Gasteiger partial charge in [-0.15, -0.1) is 0 Å². The average Bonchev–Trinajstić information content (AvgIpc) is 2.45. The Morgan fingerprint density at radius 2 is 2.00 bits per heavy atom. The van der Waals surface area contributed by atoms with Crippen molar-refractivity contribution in [3.8, 4) is 0 Å². The molecule has 0 radical (unpaired) electrons. The van der Waals surface area contributed by atoms with Crippen LogP contribution in [0.3, 0.4) is 0 Å². The first-order chi connectivity index (χ1) is 9.19. The molecular formula is C16H21N3. The lowest BCUT2D eigenvalue weighted by molar-refractivity contribution is 0.626. The number of rotatable bonds is 4. The number of nitrogens with zero attached hydrogens (tertiary/aromatic N) is 1. The van der Waals surface area contributed by atoms with E-state index in [1.165, 1.54) is 27.8 Å². The van der Waals surface area contributed by atoms with Crippen LogP contribution in [0, 0.1) is 13.8 Å². The fourth-order valence-electron chi connectivity index (χ4n) is 2.45. The Morgan fingerprint density at radius 1 is 1.21 bits per heavy atom. The van der Waals surface area contributed by atoms with Gasteiger partial charge in [0, 0.05) is 12.4 Å². The number of hydrazine groups is 1. The number of nitrogens with one attached hydrogen (secondary N) is 1. The SMILES string of the molecule is CCc1cnccc1C(NN)c1cccc(C)c1C. The molecule has 2 rings (SSSR count). The smallest absolute Gasteiger partial charge is 0.0716 e. The van der Waals surface area contributed by atoms with Gasteiger partial charge < -0.3 is 0 Å². The van der Waals surface area contributed by atoms with Gasteiger partial charge in [-0.05, 0) is 54.2 Å². The first kappa shape index (κ1) is 13.7. The molecule has 0 aliphatic heterocycles. The van der Waals surface area contributed by atoms with E-state index in [4.69, 9.17) is 5.84 Å². The Bertz CT molecular complexity index is 564. The summed E-state index contributed by atoms with van der Waals surface area (Å²) in [6.07, 6.45) is 4.70. The Hall–Kier alpha value is -1.71. The van der Waals surface area contributed by atoms with E-state index in [2.05, 4.69) is 49.4 Å². The first-order valence-corrected chi connectivity index (χ1v) is 6.64. The quantitative estimate of drug-likeness (QED) is 0.652. The fraction of sp³-hybridized carbons (Fsp3) is 0.312. The molecule has 0 aliphatic rings. The zero-order chi connectivity index (χ0) is 13.8. The van der Waals surface area contributed by atoms with Crippen molar-refractivity contribution in [2.75, 3.05) is 0 Å². The summed E-state index contributed by atoms with van der Waals surface area (Å²) < 4.78 is 0. The number of hydrogen-bond donors (Lipinski definition) is 2. The van der Waals surface area contributed by atoms with E-state index in [1.54, 1.807) is 0 Å². The number of aryl methyl sites for hydroxylation is 2. The molecule has 1 aromatic heterocycles. The van der Waals surface area contributed by atoms with Crippen molar-refractivity contribution in [3.05, 3.63) is 64.5 Å². The first-order valence-electron chi connectivity index (χ1n) is 6.64. The maximum atomic E-state index is 5.81. The number of aromatic nitrogens is 1. The molecule has 1 heterocycles. The van der Waals surface area contributed by atoms with Crippen LogP contribution in [0.5, 0.6) is 0 Å². The molecule has 2 aromatic rings. The Balaban J connectivity index is 2.53. The second-order valence-corrected chi connectivity index (χ2v) is 4.82. The van der Waals surface area contributed by atoms with E-state index in [-0.39, 0.29) is 6.04 Å². The predicted molar refractivity (Wildman–Crippen MR) is 78.7 cm³/mol. The second-order valence-electron chi connectivity index (χ2n) is 4.82. The van der Waals surface area contributed by atoms with E-state index in [9.17, 15) is 0 Å². The number of pyridine rings is 1. The highest BCUT2D eigenvalue weighted by molar-refractivity contribution is 5.42. The zero-order valence-electron chi connectivity index (χ0n) is 11.8. The van der Waals surface area contributed by atoms with Gasteiger partial charge in [-0.25, -0.2) is 5.43 Å². The molecule has 1 unspecified atom stereocenters. The minimum absolute atomic E-state index is 0.0119. The maximum absolute atomic E-state index is 5.81. The van der Waals surface area contributed by atoms with Crippen LogP contribution in [0.15, 0.2) is 36.7 Å². The highest BCUT2D eigenvalue weighted by atomic mass is 15.2. The molecule has 0 fully saturated rings. The standard InChI is InChI=1S/C16H21N3/c1-4-13-10-18-9-8-15(13)16(19-17)14-7-5-6-11(2)12(14)3/h5-10,16,19H,4,17H2,1-3H3. The van der Waals surface area contributed by atoms with Crippen LogP contribution in [0.2, 0.25) is 0 Å². The van der Waals surface area contributed by atoms with Crippen LogP contribution in [-0.2, 0) is 6.42 Å². The molecule has 3 heteroatoms. The van der Waals surface area contributed by atoms with Gasteiger partial charge in [-0.3, -0.25) is 10.8 Å². The van der Waals surface area contributed by atoms with Crippen LogP contribution in [0.1, 0.15) is 40.8 Å². The summed E-state index contributed by atoms with van der Waals surface area (Å²) in [6, 6.07) is 8.39. The van der Waals surface area contributed by atoms with Gasteiger partial charge in [0.1, 0.15) is 0 Å². The maximum Gasteiger partial charge on any atom is 0.0716 e. The molecule has 3 N–H and O–H groups in total. The fourth-order valence-corrected chi connectivity index (χ4v) is 2.45. The van der Waals surface area contributed by atoms with Gasteiger partial charge in [-0.1, -0.05) is 25.1 Å². The van der Waals surface area contributed by atoms with Crippen molar-refractivity contribution in [3.63, 3.8) is 0 Å². The minimum atomic E-state index is 0.0119. The van der Waals surface area contributed by atoms with Crippen molar-refractivity contribution in [1.82, 2.24) is 10.4 Å². The normalized spacial score (nSPS) is 12.4. The van der Waals surface area contributed by atoms with Gasteiger partial charge in [-0.2, -0.15) is 0 Å². The van der Waals surface area contributed by atoms with E-state index in [0.29, 0.717) is 0 Å². The van der Waals surface area contributed by atoms with Crippen LogP contribution in [0.25, 0.3) is 0 Å². The van der Waals surface area contributed by atoms with E-state index in [0.717, 1.165) is 6.42 Å². The number of benzene rings is 1. The molecule has 1 atom stereocenters. The Labute approximate surface area is 114 Å². The molecule has 0 saturated carbocycles. The molecule has 0 amide bonds. The lowest BCUT2D eigenvalue weighted by Gasteiger charge is -2.22. The van der Waals surface area contributed by atoms with Crippen LogP contribution < -0.4 is 11.3 Å². The highest BCUT2D eigenvalue weighted by Gasteiger charge is 2.17. The minimum Gasteiger partial charge on any atom is -0.271 e. The van der Waals surface area contributed by atoms with Crippen molar-refractivity contribution in [1.29, 1.82) is 0 Å². The van der Waals surface area contributed by atoms with Crippen LogP contribution >= 0.6 is 0 Å². The van der Waals surface area contributed by atoms with Gasteiger partial charge in [0.25, 0.3) is 0 Å². The van der Waals surface area contributed by atoms with Gasteiger partial charge in [0.15, 0.2) is 0 Å². The summed E-state index contributed by atoms with van der Waals surface area (Å²) >= 11 is 0. The summed E-state index contributed by atoms with van der Waals surface area (Å²) in [6.45, 7) is 6.40. The summed E-state index contributed by atoms with van der Waals surface area (Å²) in [5.41, 5.74) is 9.17. The Morgan fingerprint density at radius 3 is 2.68 bits per heavy atom. The average molecular weight is 255 g/mol. The van der Waals surface area contributed by atoms with Crippen molar-refractivity contribution in [2.45, 2.75) is 33.2 Å². The molecule has 3 nitrogen and oxygen atoms in total. The van der Waals surface area contributed by atoms with Gasteiger partial charge in [0.05, 0.1) is 6.04 Å². The molecule has 1 aromatic carbocycles. The third kappa shape index (κ3) is 2.67. The molecule has 0 aliphatic carbocycles. The highest BCUT2D eigenvalue weighted by Crippen LogP contribution is 2.27. The van der Waals surface area contributed by atoms with Gasteiger partial charge >= 0.3 is 0 Å². The van der Waals surface area contributed by atoms with E-state index < -0.39 is 0 Å². The monoisotopic (exact) mass is 255 g/mol. The predicted octanol–water partition coefficient (Wildman–Crippen LogP) is 2.81. The van der Waals surface area contributed by atoms with Crippen molar-refractivity contribution < 1.29 is 0 Å². The zero-order valence-corrected chi connectivity index (χ0v) is 11.8. The molecule has 0 bridgehead atoms. The van der Waals surface area contributed by atoms with Gasteiger partial charge in [0.2, 0.25) is 0 Å². The van der Waals surface area contributed by atoms with Crippen molar-refractivity contribution in [2.24, 2.45) is 5.84 Å². The van der Waals surface area contributed by atoms with Crippen molar-refractivity contribution >= 4 is 0 Å². The second kappa shape index (κ2) is 5.95. The molecule has 0 saturated heterocycles. The topological polar surface area (TPSA) is 50.9 Å². The van der Waals surface area contributed by atoms with E-state index in [1.807, 2.05) is 18.5 Å².